The number of nitrogens with one attached hydrogen (secondary N) is 1. The van der Waals surface area contributed by atoms with E-state index >= 15 is 0 Å². The molecule has 0 saturated heterocycles. The van der Waals surface area contributed by atoms with E-state index in [1.807, 2.05) is 0 Å². The summed E-state index contributed by atoms with van der Waals surface area (Å²) in [5.74, 6) is 0.796. The van der Waals surface area contributed by atoms with Gasteiger partial charge in [0.2, 0.25) is 11.7 Å². The van der Waals surface area contributed by atoms with Gasteiger partial charge in [0.1, 0.15) is 5.82 Å². The number of ether oxygens (including phenoxy) is 4. The zero-order chi connectivity index (χ0) is 20.5. The molecule has 2 rings (SSSR count). The topological polar surface area (TPSA) is 66.0 Å². The van der Waals surface area contributed by atoms with Crippen molar-refractivity contribution in [2.45, 2.75) is 6.10 Å². The van der Waals surface area contributed by atoms with Gasteiger partial charge in [-0.2, -0.15) is 0 Å². The van der Waals surface area contributed by atoms with Crippen molar-refractivity contribution in [2.24, 2.45) is 0 Å². The van der Waals surface area contributed by atoms with Crippen molar-refractivity contribution in [3.8, 4) is 17.2 Å². The first-order valence-corrected chi connectivity index (χ1v) is 8.56. The molecule has 0 heterocycles. The molecule has 1 amide bonds. The van der Waals surface area contributed by atoms with Crippen LogP contribution in [-0.4, -0.2) is 40.9 Å². The molecule has 0 saturated carbocycles. The minimum Gasteiger partial charge on any atom is -0.493 e. The van der Waals surface area contributed by atoms with Crippen LogP contribution in [0.1, 0.15) is 17.2 Å². The molecule has 0 aromatic heterocycles. The molecule has 6 nitrogen and oxygen atoms in total. The second-order valence-corrected chi connectivity index (χ2v) is 5.82. The number of hydrogen-bond donors (Lipinski definition) is 1. The summed E-state index contributed by atoms with van der Waals surface area (Å²) >= 11 is 0. The Morgan fingerprint density at radius 2 is 1.75 bits per heavy atom. The molecule has 0 aliphatic carbocycles. The largest absolute Gasteiger partial charge is 0.493 e. The third-order valence-electron chi connectivity index (χ3n) is 4.08. The van der Waals surface area contributed by atoms with E-state index in [0.29, 0.717) is 28.4 Å². The Labute approximate surface area is 163 Å². The average molecular weight is 389 g/mol. The second-order valence-electron chi connectivity index (χ2n) is 5.82. The smallest absolute Gasteiger partial charge is 0.244 e. The van der Waals surface area contributed by atoms with Crippen LogP contribution in [0.25, 0.3) is 6.08 Å². The molecular formula is C21H24FNO5. The highest BCUT2D eigenvalue weighted by atomic mass is 19.1. The van der Waals surface area contributed by atoms with E-state index in [2.05, 4.69) is 5.32 Å². The van der Waals surface area contributed by atoms with Crippen molar-refractivity contribution in [1.29, 1.82) is 0 Å². The lowest BCUT2D eigenvalue weighted by molar-refractivity contribution is -0.117. The van der Waals surface area contributed by atoms with Crippen LogP contribution in [0.3, 0.4) is 0 Å². The predicted octanol–water partition coefficient (Wildman–Crippen LogP) is 3.37. The van der Waals surface area contributed by atoms with Gasteiger partial charge in [0, 0.05) is 19.7 Å². The summed E-state index contributed by atoms with van der Waals surface area (Å²) in [4.78, 5) is 12.2. The van der Waals surface area contributed by atoms with E-state index < -0.39 is 6.10 Å². The number of hydrogen-bond acceptors (Lipinski definition) is 5. The number of rotatable bonds is 9. The summed E-state index contributed by atoms with van der Waals surface area (Å²) in [6.07, 6.45) is 2.57. The molecule has 0 aliphatic heterocycles. The summed E-state index contributed by atoms with van der Waals surface area (Å²) in [5.41, 5.74) is 1.36. The van der Waals surface area contributed by atoms with Crippen LogP contribution in [-0.2, 0) is 9.53 Å². The Hall–Kier alpha value is -3.06. The molecule has 28 heavy (non-hydrogen) atoms. The van der Waals surface area contributed by atoms with E-state index in [9.17, 15) is 9.18 Å². The highest BCUT2D eigenvalue weighted by Gasteiger charge is 2.13. The van der Waals surface area contributed by atoms with E-state index in [1.54, 1.807) is 30.3 Å². The van der Waals surface area contributed by atoms with Crippen LogP contribution < -0.4 is 19.5 Å². The van der Waals surface area contributed by atoms with Crippen LogP contribution in [0.15, 0.2) is 42.5 Å². The maximum Gasteiger partial charge on any atom is 0.244 e. The Morgan fingerprint density at radius 3 is 2.29 bits per heavy atom. The normalized spacial score (nSPS) is 11.9. The molecular weight excluding hydrogens is 365 g/mol. The summed E-state index contributed by atoms with van der Waals surface area (Å²) < 4.78 is 34.6. The molecule has 0 spiro atoms. The number of halogens is 1. The number of benzene rings is 2. The van der Waals surface area contributed by atoms with E-state index in [0.717, 1.165) is 0 Å². The van der Waals surface area contributed by atoms with Gasteiger partial charge in [-0.3, -0.25) is 4.79 Å². The molecule has 0 radical (unpaired) electrons. The van der Waals surface area contributed by atoms with Crippen molar-refractivity contribution in [3.05, 3.63) is 59.4 Å². The van der Waals surface area contributed by atoms with E-state index in [4.69, 9.17) is 18.9 Å². The standard InChI is InChI=1S/C21H24FNO5/c1-25-17-10-14(11-18(26-2)21(17)28-4)8-9-20(24)23-13-19(27-3)15-6-5-7-16(22)12-15/h5-12,19H,13H2,1-4H3,(H,23,24)/b9-8+. The molecule has 1 atom stereocenters. The minimum absolute atomic E-state index is 0.207. The van der Waals surface area contributed by atoms with Crippen molar-refractivity contribution in [2.75, 3.05) is 35.0 Å². The van der Waals surface area contributed by atoms with Crippen molar-refractivity contribution < 1.29 is 28.1 Å². The third kappa shape index (κ3) is 5.47. The maximum absolute atomic E-state index is 13.4. The van der Waals surface area contributed by atoms with Gasteiger partial charge in [0.05, 0.1) is 27.4 Å². The van der Waals surface area contributed by atoms with Crippen molar-refractivity contribution >= 4 is 12.0 Å². The minimum atomic E-state index is -0.450. The molecule has 1 unspecified atom stereocenters. The highest BCUT2D eigenvalue weighted by Crippen LogP contribution is 2.38. The first-order chi connectivity index (χ1) is 13.5. The Bertz CT molecular complexity index is 812. The van der Waals surface area contributed by atoms with Crippen LogP contribution >= 0.6 is 0 Å². The SMILES string of the molecule is COc1cc(/C=C/C(=O)NCC(OC)c2cccc(F)c2)cc(OC)c1OC. The number of carbonyl (C=O) groups excluding carboxylic acids is 1. The van der Waals surface area contributed by atoms with Gasteiger partial charge in [0.25, 0.3) is 0 Å². The Kier molecular flexibility index (Phi) is 7.83. The van der Waals surface area contributed by atoms with E-state index in [1.165, 1.54) is 46.6 Å². The van der Waals surface area contributed by atoms with Crippen LogP contribution in [0.5, 0.6) is 17.2 Å². The van der Waals surface area contributed by atoms with Crippen molar-refractivity contribution in [3.63, 3.8) is 0 Å². The van der Waals surface area contributed by atoms with Crippen LogP contribution in [0.4, 0.5) is 4.39 Å². The average Bonchev–Trinajstić information content (AvgIpc) is 2.71. The number of amides is 1. The zero-order valence-electron chi connectivity index (χ0n) is 16.3. The predicted molar refractivity (Wildman–Crippen MR) is 104 cm³/mol. The first kappa shape index (κ1) is 21.2. The van der Waals surface area contributed by atoms with Gasteiger partial charge >= 0.3 is 0 Å². The monoisotopic (exact) mass is 389 g/mol. The second kappa shape index (κ2) is 10.3. The van der Waals surface area contributed by atoms with Gasteiger partial charge < -0.3 is 24.3 Å². The van der Waals surface area contributed by atoms with Gasteiger partial charge in [-0.25, -0.2) is 4.39 Å². The molecule has 0 aliphatic rings. The van der Waals surface area contributed by atoms with Gasteiger partial charge in [0.15, 0.2) is 11.5 Å². The highest BCUT2D eigenvalue weighted by molar-refractivity contribution is 5.91. The fourth-order valence-corrected chi connectivity index (χ4v) is 2.67. The summed E-state index contributed by atoms with van der Waals surface area (Å²) in [7, 11) is 6.07. The molecule has 0 bridgehead atoms. The zero-order valence-corrected chi connectivity index (χ0v) is 16.3. The van der Waals surface area contributed by atoms with Crippen LogP contribution in [0, 0.1) is 5.82 Å². The molecule has 0 fully saturated rings. The van der Waals surface area contributed by atoms with E-state index in [-0.39, 0.29) is 18.3 Å². The fraction of sp³-hybridized carbons (Fsp3) is 0.286. The lowest BCUT2D eigenvalue weighted by atomic mass is 10.1. The lowest BCUT2D eigenvalue weighted by Gasteiger charge is -2.16. The van der Waals surface area contributed by atoms with Gasteiger partial charge in [-0.1, -0.05) is 12.1 Å². The molecule has 2 aromatic carbocycles. The number of carbonyl (C=O) groups is 1. The Morgan fingerprint density at radius 1 is 1.07 bits per heavy atom. The summed E-state index contributed by atoms with van der Waals surface area (Å²) in [5, 5.41) is 2.74. The molecule has 1 N–H and O–H groups in total. The fourth-order valence-electron chi connectivity index (χ4n) is 2.67. The summed E-state index contributed by atoms with van der Waals surface area (Å²) in [6.45, 7) is 0.207. The maximum atomic E-state index is 13.4. The third-order valence-corrected chi connectivity index (χ3v) is 4.08. The van der Waals surface area contributed by atoms with Gasteiger partial charge in [-0.15, -0.1) is 0 Å². The molecule has 7 heteroatoms. The first-order valence-electron chi connectivity index (χ1n) is 8.56. The molecule has 2 aromatic rings. The summed E-state index contributed by atoms with van der Waals surface area (Å²) in [6, 6.07) is 9.55. The number of methoxy groups -OCH3 is 4. The lowest BCUT2D eigenvalue weighted by Crippen LogP contribution is -2.27. The molecule has 150 valence electrons. The van der Waals surface area contributed by atoms with Crippen molar-refractivity contribution in [1.82, 2.24) is 5.32 Å². The van der Waals surface area contributed by atoms with Crippen LogP contribution in [0.2, 0.25) is 0 Å². The quantitative estimate of drug-likeness (QED) is 0.666. The Balaban J connectivity index is 2.05. The van der Waals surface area contributed by atoms with Gasteiger partial charge in [-0.05, 0) is 41.5 Å².